The third-order valence-corrected chi connectivity index (χ3v) is 5.23. The lowest BCUT2D eigenvalue weighted by atomic mass is 9.88. The number of hydrogen-bond acceptors (Lipinski definition) is 4. The number of aromatic nitrogens is 3. The molecule has 3 rings (SSSR count). The highest BCUT2D eigenvalue weighted by molar-refractivity contribution is 7.99. The fourth-order valence-electron chi connectivity index (χ4n) is 3.01. The third-order valence-electron chi connectivity index (χ3n) is 4.41. The Balaban J connectivity index is 1.86. The Morgan fingerprint density at radius 1 is 1.21 bits per heavy atom. The maximum absolute atomic E-state index is 11.8. The SMILES string of the molecule is CN(C)C(=O)CSc1nc(C2CCCCC2)n(-c2ccccc2)n1. The van der Waals surface area contributed by atoms with E-state index in [0.717, 1.165) is 11.5 Å². The Labute approximate surface area is 147 Å². The number of para-hydroxylation sites is 1. The maximum atomic E-state index is 11.8. The molecule has 1 amide bonds. The molecule has 6 heteroatoms. The largest absolute Gasteiger partial charge is 0.348 e. The zero-order chi connectivity index (χ0) is 16.9. The molecule has 2 aromatic rings. The van der Waals surface area contributed by atoms with Crippen LogP contribution in [0.4, 0.5) is 0 Å². The summed E-state index contributed by atoms with van der Waals surface area (Å²) in [4.78, 5) is 18.2. The van der Waals surface area contributed by atoms with Crippen LogP contribution in [0.5, 0.6) is 0 Å². The van der Waals surface area contributed by atoms with E-state index in [1.807, 2.05) is 22.9 Å². The van der Waals surface area contributed by atoms with Gasteiger partial charge in [-0.3, -0.25) is 4.79 Å². The van der Waals surface area contributed by atoms with Gasteiger partial charge in [-0.15, -0.1) is 5.10 Å². The van der Waals surface area contributed by atoms with Crippen molar-refractivity contribution in [2.75, 3.05) is 19.8 Å². The number of rotatable bonds is 5. The average molecular weight is 344 g/mol. The van der Waals surface area contributed by atoms with Gasteiger partial charge in [-0.2, -0.15) is 0 Å². The normalized spacial score (nSPS) is 15.4. The fraction of sp³-hybridized carbons (Fsp3) is 0.500. The highest BCUT2D eigenvalue weighted by atomic mass is 32.2. The van der Waals surface area contributed by atoms with E-state index in [0.29, 0.717) is 16.8 Å². The minimum Gasteiger partial charge on any atom is -0.348 e. The molecule has 0 spiro atoms. The number of carbonyl (C=O) groups is 1. The van der Waals surface area contributed by atoms with Crippen LogP contribution in [0.2, 0.25) is 0 Å². The topological polar surface area (TPSA) is 51.0 Å². The summed E-state index contributed by atoms with van der Waals surface area (Å²) >= 11 is 1.42. The van der Waals surface area contributed by atoms with E-state index in [9.17, 15) is 4.79 Å². The van der Waals surface area contributed by atoms with E-state index in [2.05, 4.69) is 17.2 Å². The molecule has 1 aromatic carbocycles. The zero-order valence-electron chi connectivity index (χ0n) is 14.3. The van der Waals surface area contributed by atoms with Crippen LogP contribution in [0, 0.1) is 0 Å². The van der Waals surface area contributed by atoms with Crippen molar-refractivity contribution in [3.63, 3.8) is 0 Å². The van der Waals surface area contributed by atoms with Crippen molar-refractivity contribution in [1.29, 1.82) is 0 Å². The van der Waals surface area contributed by atoms with Crippen LogP contribution in [0.15, 0.2) is 35.5 Å². The third kappa shape index (κ3) is 3.98. The van der Waals surface area contributed by atoms with Crippen LogP contribution in [0.3, 0.4) is 0 Å². The first-order valence-electron chi connectivity index (χ1n) is 8.50. The van der Waals surface area contributed by atoms with Gasteiger partial charge in [0.15, 0.2) is 0 Å². The molecule has 5 nitrogen and oxygen atoms in total. The summed E-state index contributed by atoms with van der Waals surface area (Å²) in [6.45, 7) is 0. The van der Waals surface area contributed by atoms with Crippen LogP contribution in [-0.2, 0) is 4.79 Å². The van der Waals surface area contributed by atoms with Gasteiger partial charge in [-0.25, -0.2) is 9.67 Å². The Morgan fingerprint density at radius 3 is 2.58 bits per heavy atom. The van der Waals surface area contributed by atoms with E-state index in [-0.39, 0.29) is 5.91 Å². The Kier molecular flexibility index (Phi) is 5.56. The van der Waals surface area contributed by atoms with Crippen molar-refractivity contribution in [3.8, 4) is 5.69 Å². The lowest BCUT2D eigenvalue weighted by molar-refractivity contribution is -0.125. The highest BCUT2D eigenvalue weighted by Gasteiger charge is 2.23. The summed E-state index contributed by atoms with van der Waals surface area (Å²) in [5, 5.41) is 5.37. The number of thioether (sulfide) groups is 1. The predicted octanol–water partition coefficient (Wildman–Crippen LogP) is 3.50. The molecule has 1 aliphatic carbocycles. The summed E-state index contributed by atoms with van der Waals surface area (Å²) in [6, 6.07) is 10.2. The predicted molar refractivity (Wildman–Crippen MR) is 96.6 cm³/mol. The van der Waals surface area contributed by atoms with Crippen LogP contribution < -0.4 is 0 Å². The summed E-state index contributed by atoms with van der Waals surface area (Å²) in [7, 11) is 3.54. The molecular weight excluding hydrogens is 320 g/mol. The van der Waals surface area contributed by atoms with Gasteiger partial charge in [-0.05, 0) is 25.0 Å². The molecule has 0 bridgehead atoms. The van der Waals surface area contributed by atoms with Crippen molar-refractivity contribution in [2.24, 2.45) is 0 Å². The van der Waals surface area contributed by atoms with Gasteiger partial charge in [0, 0.05) is 20.0 Å². The van der Waals surface area contributed by atoms with Crippen LogP contribution in [-0.4, -0.2) is 45.4 Å². The molecule has 1 aliphatic rings. The van der Waals surface area contributed by atoms with E-state index in [4.69, 9.17) is 4.98 Å². The van der Waals surface area contributed by atoms with Crippen molar-refractivity contribution >= 4 is 17.7 Å². The lowest BCUT2D eigenvalue weighted by Crippen LogP contribution is -2.23. The molecule has 1 fully saturated rings. The van der Waals surface area contributed by atoms with Gasteiger partial charge in [0.25, 0.3) is 0 Å². The molecule has 0 aliphatic heterocycles. The summed E-state index contributed by atoms with van der Waals surface area (Å²) < 4.78 is 1.97. The first kappa shape index (κ1) is 17.0. The van der Waals surface area contributed by atoms with Gasteiger partial charge in [0.05, 0.1) is 11.4 Å². The molecule has 0 N–H and O–H groups in total. The molecule has 0 atom stereocenters. The van der Waals surface area contributed by atoms with E-state index < -0.39 is 0 Å². The van der Waals surface area contributed by atoms with Gasteiger partial charge in [0.2, 0.25) is 11.1 Å². The quantitative estimate of drug-likeness (QED) is 0.779. The number of hydrogen-bond donors (Lipinski definition) is 0. The summed E-state index contributed by atoms with van der Waals surface area (Å²) in [5.41, 5.74) is 1.04. The second-order valence-electron chi connectivity index (χ2n) is 6.41. The fourth-order valence-corrected chi connectivity index (χ4v) is 3.81. The molecule has 1 aromatic heterocycles. The van der Waals surface area contributed by atoms with E-state index >= 15 is 0 Å². The molecule has 0 saturated heterocycles. The molecule has 1 heterocycles. The first-order valence-corrected chi connectivity index (χ1v) is 9.49. The maximum Gasteiger partial charge on any atom is 0.232 e. The van der Waals surface area contributed by atoms with Crippen LogP contribution >= 0.6 is 11.8 Å². The standard InChI is InChI=1S/C18H24N4OS/c1-21(2)16(23)13-24-18-19-17(14-9-5-3-6-10-14)22(20-18)15-11-7-4-8-12-15/h4,7-8,11-12,14H,3,5-6,9-10,13H2,1-2H3. The van der Waals surface area contributed by atoms with Gasteiger partial charge in [-0.1, -0.05) is 49.2 Å². The molecular formula is C18H24N4OS. The monoisotopic (exact) mass is 344 g/mol. The first-order chi connectivity index (χ1) is 11.6. The minimum atomic E-state index is 0.0790. The molecule has 0 radical (unpaired) electrons. The lowest BCUT2D eigenvalue weighted by Gasteiger charge is -2.21. The van der Waals surface area contributed by atoms with Crippen molar-refractivity contribution in [3.05, 3.63) is 36.2 Å². The smallest absolute Gasteiger partial charge is 0.232 e. The van der Waals surface area contributed by atoms with Crippen molar-refractivity contribution in [1.82, 2.24) is 19.7 Å². The Bertz CT molecular complexity index is 678. The molecule has 0 unspecified atom stereocenters. The van der Waals surface area contributed by atoms with E-state index in [1.54, 1.807) is 19.0 Å². The highest BCUT2D eigenvalue weighted by Crippen LogP contribution is 2.33. The van der Waals surface area contributed by atoms with Crippen molar-refractivity contribution in [2.45, 2.75) is 43.2 Å². The number of carbonyl (C=O) groups excluding carboxylic acids is 1. The second-order valence-corrected chi connectivity index (χ2v) is 7.35. The molecule has 1 saturated carbocycles. The molecule has 128 valence electrons. The van der Waals surface area contributed by atoms with Crippen LogP contribution in [0.1, 0.15) is 43.8 Å². The number of benzene rings is 1. The summed E-state index contributed by atoms with van der Waals surface area (Å²) in [6.07, 6.45) is 6.18. The van der Waals surface area contributed by atoms with Gasteiger partial charge in [0.1, 0.15) is 5.82 Å². The van der Waals surface area contributed by atoms with Gasteiger partial charge < -0.3 is 4.90 Å². The average Bonchev–Trinajstić information content (AvgIpc) is 3.05. The Hall–Kier alpha value is -1.82. The van der Waals surface area contributed by atoms with Crippen molar-refractivity contribution < 1.29 is 4.79 Å². The number of nitrogens with zero attached hydrogens (tertiary/aromatic N) is 4. The Morgan fingerprint density at radius 2 is 1.92 bits per heavy atom. The second kappa shape index (κ2) is 7.83. The zero-order valence-corrected chi connectivity index (χ0v) is 15.1. The van der Waals surface area contributed by atoms with E-state index in [1.165, 1.54) is 43.9 Å². The minimum absolute atomic E-state index is 0.0790. The van der Waals surface area contributed by atoms with Crippen LogP contribution in [0.25, 0.3) is 5.69 Å². The molecule has 24 heavy (non-hydrogen) atoms. The van der Waals surface area contributed by atoms with Gasteiger partial charge >= 0.3 is 0 Å². The number of amides is 1. The summed E-state index contributed by atoms with van der Waals surface area (Å²) in [5.74, 6) is 1.96.